The number of hydrogen-bond acceptors (Lipinski definition) is 4. The molecule has 0 aliphatic carbocycles. The molecule has 0 fully saturated rings. The van der Waals surface area contributed by atoms with Crippen LogP contribution in [0.5, 0.6) is 0 Å². The molecule has 2 aromatic carbocycles. The number of benzene rings is 2. The Hall–Kier alpha value is -3.17. The number of nitrogens with zero attached hydrogens (tertiary/aromatic N) is 2. The van der Waals surface area contributed by atoms with Gasteiger partial charge in [-0.05, 0) is 36.3 Å². The molecule has 0 bridgehead atoms. The Morgan fingerprint density at radius 1 is 1.33 bits per heavy atom. The summed E-state index contributed by atoms with van der Waals surface area (Å²) >= 11 is 5.99. The molecule has 2 rings (SSSR count). The van der Waals surface area contributed by atoms with Gasteiger partial charge in [-0.25, -0.2) is 0 Å². The van der Waals surface area contributed by atoms with Gasteiger partial charge in [0.15, 0.2) is 0 Å². The van der Waals surface area contributed by atoms with Crippen LogP contribution in [0.15, 0.2) is 48.0 Å². The van der Waals surface area contributed by atoms with E-state index in [9.17, 15) is 20.2 Å². The molecule has 1 amide bonds. The Balaban J connectivity index is 2.29. The van der Waals surface area contributed by atoms with Crippen LogP contribution in [0.2, 0.25) is 5.02 Å². The number of carbonyl (C=O) groups is 1. The number of nitrogens with one attached hydrogen (secondary N) is 1. The lowest BCUT2D eigenvalue weighted by atomic mass is 10.1. The van der Waals surface area contributed by atoms with Gasteiger partial charge in [0, 0.05) is 22.8 Å². The zero-order valence-electron chi connectivity index (χ0n) is 12.6. The van der Waals surface area contributed by atoms with Gasteiger partial charge in [0.2, 0.25) is 0 Å². The molecular weight excluding hydrogens is 330 g/mol. The number of nitro benzene ring substituents is 1. The van der Waals surface area contributed by atoms with Crippen molar-refractivity contribution in [2.75, 3.05) is 5.32 Å². The van der Waals surface area contributed by atoms with Crippen molar-refractivity contribution in [1.29, 1.82) is 5.26 Å². The maximum Gasteiger partial charge on any atom is 0.270 e. The van der Waals surface area contributed by atoms with Crippen molar-refractivity contribution in [3.63, 3.8) is 0 Å². The van der Waals surface area contributed by atoms with Gasteiger partial charge in [-0.2, -0.15) is 5.26 Å². The van der Waals surface area contributed by atoms with E-state index in [4.69, 9.17) is 11.6 Å². The van der Waals surface area contributed by atoms with E-state index in [2.05, 4.69) is 5.32 Å². The number of halogens is 1. The van der Waals surface area contributed by atoms with Crippen LogP contribution in [0.3, 0.4) is 0 Å². The van der Waals surface area contributed by atoms with Gasteiger partial charge in [-0.3, -0.25) is 14.9 Å². The number of non-ortho nitro benzene ring substituents is 1. The van der Waals surface area contributed by atoms with E-state index in [-0.39, 0.29) is 11.3 Å². The normalized spacial score (nSPS) is 10.8. The molecule has 24 heavy (non-hydrogen) atoms. The fourth-order valence-corrected chi connectivity index (χ4v) is 2.15. The van der Waals surface area contributed by atoms with Crippen LogP contribution in [0.25, 0.3) is 6.08 Å². The molecule has 0 spiro atoms. The summed E-state index contributed by atoms with van der Waals surface area (Å²) in [5.74, 6) is -0.616. The second-order valence-corrected chi connectivity index (χ2v) is 5.30. The van der Waals surface area contributed by atoms with Crippen LogP contribution < -0.4 is 5.32 Å². The highest BCUT2D eigenvalue weighted by molar-refractivity contribution is 6.31. The van der Waals surface area contributed by atoms with Crippen molar-refractivity contribution in [2.24, 2.45) is 0 Å². The number of amides is 1. The average Bonchev–Trinajstić information content (AvgIpc) is 2.57. The minimum Gasteiger partial charge on any atom is -0.321 e. The van der Waals surface area contributed by atoms with E-state index in [0.717, 1.165) is 0 Å². The Bertz CT molecular complexity index is 885. The molecule has 0 heterocycles. The maximum atomic E-state index is 12.3. The molecule has 0 radical (unpaired) electrons. The van der Waals surface area contributed by atoms with Gasteiger partial charge in [0.25, 0.3) is 11.6 Å². The van der Waals surface area contributed by atoms with E-state index in [1.165, 1.54) is 24.3 Å². The van der Waals surface area contributed by atoms with Crippen molar-refractivity contribution < 1.29 is 9.72 Å². The first-order valence-corrected chi connectivity index (χ1v) is 7.23. The van der Waals surface area contributed by atoms with E-state index in [0.29, 0.717) is 21.8 Å². The lowest BCUT2D eigenvalue weighted by molar-refractivity contribution is -0.384. The number of nitriles is 1. The number of rotatable bonds is 4. The van der Waals surface area contributed by atoms with Gasteiger partial charge in [-0.15, -0.1) is 0 Å². The number of hydrogen-bond donors (Lipinski definition) is 1. The van der Waals surface area contributed by atoms with E-state index >= 15 is 0 Å². The highest BCUT2D eigenvalue weighted by atomic mass is 35.5. The van der Waals surface area contributed by atoms with Crippen LogP contribution in [0.4, 0.5) is 11.4 Å². The van der Waals surface area contributed by atoms with E-state index in [1.54, 1.807) is 37.3 Å². The van der Waals surface area contributed by atoms with Gasteiger partial charge in [0.1, 0.15) is 11.6 Å². The van der Waals surface area contributed by atoms with Gasteiger partial charge < -0.3 is 5.32 Å². The van der Waals surface area contributed by atoms with Crippen molar-refractivity contribution in [1.82, 2.24) is 0 Å². The van der Waals surface area contributed by atoms with Crippen LogP contribution in [0, 0.1) is 28.4 Å². The predicted octanol–water partition coefficient (Wildman–Crippen LogP) is 4.10. The fraction of sp³-hybridized carbons (Fsp3) is 0.0588. The van der Waals surface area contributed by atoms with Crippen LogP contribution >= 0.6 is 11.6 Å². The third kappa shape index (κ3) is 3.97. The molecule has 0 saturated heterocycles. The summed E-state index contributed by atoms with van der Waals surface area (Å²) in [6.07, 6.45) is 1.29. The minimum absolute atomic E-state index is 0.118. The minimum atomic E-state index is -0.616. The first-order chi connectivity index (χ1) is 11.4. The standard InChI is InChI=1S/C17H12ClN3O3/c1-11-15(18)6-3-7-16(11)20-17(22)13(10-19)8-12-4-2-5-14(9-12)21(23)24/h2-9H,1H3,(H,20,22)/b13-8+. The summed E-state index contributed by atoms with van der Waals surface area (Å²) in [6.45, 7) is 1.74. The summed E-state index contributed by atoms with van der Waals surface area (Å²) < 4.78 is 0. The topological polar surface area (TPSA) is 96.0 Å². The predicted molar refractivity (Wildman–Crippen MR) is 91.5 cm³/mol. The summed E-state index contributed by atoms with van der Waals surface area (Å²) in [5, 5.41) is 23.1. The van der Waals surface area contributed by atoms with E-state index in [1.807, 2.05) is 0 Å². The Morgan fingerprint density at radius 2 is 2.04 bits per heavy atom. The number of carbonyl (C=O) groups excluding carboxylic acids is 1. The Kier molecular flexibility index (Phi) is 5.30. The maximum absolute atomic E-state index is 12.3. The first kappa shape index (κ1) is 17.2. The smallest absolute Gasteiger partial charge is 0.270 e. The van der Waals surface area contributed by atoms with Crippen LogP contribution in [-0.4, -0.2) is 10.8 Å². The Morgan fingerprint density at radius 3 is 2.71 bits per heavy atom. The molecule has 2 aromatic rings. The average molecular weight is 342 g/mol. The third-order valence-corrected chi connectivity index (χ3v) is 3.68. The fourth-order valence-electron chi connectivity index (χ4n) is 1.98. The van der Waals surface area contributed by atoms with Crippen LogP contribution in [0.1, 0.15) is 11.1 Å². The van der Waals surface area contributed by atoms with Crippen molar-refractivity contribution >= 4 is 35.0 Å². The molecule has 1 N–H and O–H groups in total. The second kappa shape index (κ2) is 7.40. The largest absolute Gasteiger partial charge is 0.321 e. The Labute approximate surface area is 143 Å². The molecule has 0 unspecified atom stereocenters. The lowest BCUT2D eigenvalue weighted by Crippen LogP contribution is -2.14. The van der Waals surface area contributed by atoms with Crippen molar-refractivity contribution in [3.8, 4) is 6.07 Å². The molecule has 120 valence electrons. The monoisotopic (exact) mass is 341 g/mol. The highest BCUT2D eigenvalue weighted by Gasteiger charge is 2.13. The molecule has 0 aliphatic rings. The molecule has 0 saturated carbocycles. The molecule has 6 nitrogen and oxygen atoms in total. The highest BCUT2D eigenvalue weighted by Crippen LogP contribution is 2.23. The molecular formula is C17H12ClN3O3. The van der Waals surface area contributed by atoms with E-state index < -0.39 is 10.8 Å². The SMILES string of the molecule is Cc1c(Cl)cccc1NC(=O)/C(C#N)=C/c1cccc([N+](=O)[O-])c1. The third-order valence-electron chi connectivity index (χ3n) is 3.27. The first-order valence-electron chi connectivity index (χ1n) is 6.85. The lowest BCUT2D eigenvalue weighted by Gasteiger charge is -2.08. The summed E-state index contributed by atoms with van der Waals surface area (Å²) in [5.41, 5.74) is 1.27. The van der Waals surface area contributed by atoms with Gasteiger partial charge in [0.05, 0.1) is 4.92 Å². The molecule has 7 heteroatoms. The number of anilines is 1. The molecule has 0 atom stereocenters. The molecule has 0 aromatic heterocycles. The van der Waals surface area contributed by atoms with Crippen molar-refractivity contribution in [3.05, 3.63) is 74.3 Å². The summed E-state index contributed by atoms with van der Waals surface area (Å²) in [7, 11) is 0. The summed E-state index contributed by atoms with van der Waals surface area (Å²) in [6, 6.07) is 12.5. The quantitative estimate of drug-likeness (QED) is 0.392. The summed E-state index contributed by atoms with van der Waals surface area (Å²) in [4.78, 5) is 22.5. The van der Waals surface area contributed by atoms with Crippen LogP contribution in [-0.2, 0) is 4.79 Å². The second-order valence-electron chi connectivity index (χ2n) is 4.89. The van der Waals surface area contributed by atoms with Gasteiger partial charge in [-0.1, -0.05) is 29.8 Å². The zero-order chi connectivity index (χ0) is 17.7. The number of nitro groups is 1. The van der Waals surface area contributed by atoms with Gasteiger partial charge >= 0.3 is 0 Å². The van der Waals surface area contributed by atoms with Crippen molar-refractivity contribution in [2.45, 2.75) is 6.92 Å². The zero-order valence-corrected chi connectivity index (χ0v) is 13.4. The molecule has 0 aliphatic heterocycles.